The van der Waals surface area contributed by atoms with Gasteiger partial charge in [0.15, 0.2) is 0 Å². The minimum absolute atomic E-state index is 0. The fourth-order valence-electron chi connectivity index (χ4n) is 0.579. The van der Waals surface area contributed by atoms with E-state index in [1.807, 2.05) is 6.92 Å². The number of carbonyl (C=O) groups is 1. The molecule has 0 fully saturated rings. The van der Waals surface area contributed by atoms with Gasteiger partial charge in [0.1, 0.15) is 0 Å². The van der Waals surface area contributed by atoms with Crippen LogP contribution in [0.1, 0.15) is 26.7 Å². The molecule has 0 bridgehead atoms. The Morgan fingerprint density at radius 2 is 2.18 bits per heavy atom. The second-order valence-electron chi connectivity index (χ2n) is 2.32. The summed E-state index contributed by atoms with van der Waals surface area (Å²) >= 11 is 0. The average molecular weight is 182 g/mol. The number of hydrogen-bond acceptors (Lipinski definition) is 3. The third-order valence-corrected chi connectivity index (χ3v) is 1.11. The molecule has 0 rings (SSSR count). The van der Waals surface area contributed by atoms with Crippen LogP contribution in [0.25, 0.3) is 0 Å². The van der Waals surface area contributed by atoms with Crippen molar-refractivity contribution in [3.8, 4) is 0 Å². The summed E-state index contributed by atoms with van der Waals surface area (Å²) in [5.41, 5.74) is 5.43. The van der Waals surface area contributed by atoms with Crippen molar-refractivity contribution in [1.29, 1.82) is 0 Å². The molecule has 1 unspecified atom stereocenters. The van der Waals surface area contributed by atoms with E-state index in [0.717, 1.165) is 0 Å². The van der Waals surface area contributed by atoms with Crippen LogP contribution in [0, 0.1) is 0 Å². The summed E-state index contributed by atoms with van der Waals surface area (Å²) in [5.74, 6) is -0.153. The van der Waals surface area contributed by atoms with E-state index in [1.165, 1.54) is 0 Å². The molecule has 0 heterocycles. The zero-order valence-corrected chi connectivity index (χ0v) is 7.82. The molecule has 0 spiro atoms. The summed E-state index contributed by atoms with van der Waals surface area (Å²) in [4.78, 5) is 10.7. The predicted octanol–water partition coefficient (Wildman–Crippen LogP) is 1.10. The normalized spacial score (nSPS) is 11.5. The maximum absolute atomic E-state index is 10.7. The molecular weight excluding hydrogens is 166 g/mol. The largest absolute Gasteiger partial charge is 0.466 e. The average Bonchev–Trinajstić information content (AvgIpc) is 1.85. The van der Waals surface area contributed by atoms with Gasteiger partial charge in [0.05, 0.1) is 6.61 Å². The molecule has 4 heteroatoms. The molecule has 0 saturated carbocycles. The van der Waals surface area contributed by atoms with Crippen molar-refractivity contribution in [2.24, 2.45) is 5.73 Å². The highest BCUT2D eigenvalue weighted by Crippen LogP contribution is 1.95. The quantitative estimate of drug-likeness (QED) is 0.661. The number of ether oxygens (including phenoxy) is 1. The first-order chi connectivity index (χ1) is 4.66. The number of rotatable bonds is 4. The van der Waals surface area contributed by atoms with Gasteiger partial charge in [-0.25, -0.2) is 0 Å². The minimum atomic E-state index is -0.153. The summed E-state index contributed by atoms with van der Waals surface area (Å²) in [6, 6.07) is 0.0874. The molecule has 0 aliphatic rings. The van der Waals surface area contributed by atoms with Crippen LogP contribution in [-0.4, -0.2) is 18.6 Å². The molecule has 0 aromatic carbocycles. The van der Waals surface area contributed by atoms with Gasteiger partial charge in [-0.2, -0.15) is 0 Å². The lowest BCUT2D eigenvalue weighted by atomic mass is 10.2. The smallest absolute Gasteiger partial charge is 0.305 e. The van der Waals surface area contributed by atoms with Crippen LogP contribution in [0.3, 0.4) is 0 Å². The molecule has 68 valence electrons. The predicted molar refractivity (Wildman–Crippen MR) is 46.8 cm³/mol. The minimum Gasteiger partial charge on any atom is -0.466 e. The molecule has 3 nitrogen and oxygen atoms in total. The van der Waals surface area contributed by atoms with Crippen LogP contribution in [0.5, 0.6) is 0 Å². The Kier molecular flexibility index (Phi) is 9.47. The van der Waals surface area contributed by atoms with Crippen LogP contribution in [-0.2, 0) is 9.53 Å². The molecule has 0 aliphatic carbocycles. The van der Waals surface area contributed by atoms with Crippen molar-refractivity contribution < 1.29 is 9.53 Å². The first-order valence-corrected chi connectivity index (χ1v) is 3.58. The lowest BCUT2D eigenvalue weighted by molar-refractivity contribution is -0.143. The van der Waals surface area contributed by atoms with E-state index in [2.05, 4.69) is 0 Å². The van der Waals surface area contributed by atoms with E-state index >= 15 is 0 Å². The highest BCUT2D eigenvalue weighted by atomic mass is 35.5. The standard InChI is InChI=1S/C7H15NO2.ClH/c1-3-10-7(9)5-4-6(2)8;/h6H,3-5,8H2,1-2H3;1H. The second kappa shape index (κ2) is 7.82. The van der Waals surface area contributed by atoms with E-state index in [-0.39, 0.29) is 24.4 Å². The molecule has 0 saturated heterocycles. The van der Waals surface area contributed by atoms with Crippen LogP contribution >= 0.6 is 12.4 Å². The Balaban J connectivity index is 0. The fourth-order valence-corrected chi connectivity index (χ4v) is 0.579. The van der Waals surface area contributed by atoms with Crippen molar-refractivity contribution in [3.05, 3.63) is 0 Å². The maximum Gasteiger partial charge on any atom is 0.305 e. The Morgan fingerprint density at radius 1 is 1.64 bits per heavy atom. The zero-order chi connectivity index (χ0) is 7.98. The molecule has 0 amide bonds. The molecule has 0 radical (unpaired) electrons. The Morgan fingerprint density at radius 3 is 2.55 bits per heavy atom. The molecule has 2 N–H and O–H groups in total. The third-order valence-electron chi connectivity index (χ3n) is 1.11. The van der Waals surface area contributed by atoms with Gasteiger partial charge in [0.2, 0.25) is 0 Å². The molecule has 1 atom stereocenters. The van der Waals surface area contributed by atoms with E-state index in [0.29, 0.717) is 19.4 Å². The monoisotopic (exact) mass is 181 g/mol. The van der Waals surface area contributed by atoms with Gasteiger partial charge in [-0.15, -0.1) is 12.4 Å². The summed E-state index contributed by atoms with van der Waals surface area (Å²) < 4.78 is 4.70. The number of nitrogens with two attached hydrogens (primary N) is 1. The van der Waals surface area contributed by atoms with Crippen LogP contribution < -0.4 is 5.73 Å². The van der Waals surface area contributed by atoms with Crippen molar-refractivity contribution in [2.75, 3.05) is 6.61 Å². The third kappa shape index (κ3) is 9.72. The van der Waals surface area contributed by atoms with Gasteiger partial charge in [0.25, 0.3) is 0 Å². The van der Waals surface area contributed by atoms with Gasteiger partial charge in [-0.3, -0.25) is 4.79 Å². The molecule has 0 aromatic heterocycles. The van der Waals surface area contributed by atoms with Crippen LogP contribution in [0.15, 0.2) is 0 Å². The van der Waals surface area contributed by atoms with E-state index in [9.17, 15) is 4.79 Å². The Hall–Kier alpha value is -0.280. The van der Waals surface area contributed by atoms with E-state index in [4.69, 9.17) is 10.5 Å². The fraction of sp³-hybridized carbons (Fsp3) is 0.857. The maximum atomic E-state index is 10.7. The Labute approximate surface area is 73.7 Å². The highest BCUT2D eigenvalue weighted by molar-refractivity contribution is 5.85. The Bertz CT molecular complexity index is 107. The van der Waals surface area contributed by atoms with Crippen molar-refractivity contribution in [1.82, 2.24) is 0 Å². The topological polar surface area (TPSA) is 52.3 Å². The van der Waals surface area contributed by atoms with Crippen LogP contribution in [0.4, 0.5) is 0 Å². The SMILES string of the molecule is CCOC(=O)CCC(C)N.Cl. The summed E-state index contributed by atoms with van der Waals surface area (Å²) in [7, 11) is 0. The highest BCUT2D eigenvalue weighted by Gasteiger charge is 2.02. The summed E-state index contributed by atoms with van der Waals surface area (Å²) in [6.45, 7) is 4.13. The van der Waals surface area contributed by atoms with Gasteiger partial charge >= 0.3 is 5.97 Å². The van der Waals surface area contributed by atoms with Gasteiger partial charge < -0.3 is 10.5 Å². The zero-order valence-electron chi connectivity index (χ0n) is 7.00. The summed E-state index contributed by atoms with van der Waals surface area (Å²) in [6.07, 6.45) is 1.14. The van der Waals surface area contributed by atoms with E-state index in [1.54, 1.807) is 6.92 Å². The van der Waals surface area contributed by atoms with Crippen molar-refractivity contribution in [2.45, 2.75) is 32.7 Å². The summed E-state index contributed by atoms with van der Waals surface area (Å²) in [5, 5.41) is 0. The lowest BCUT2D eigenvalue weighted by Crippen LogP contribution is -2.17. The van der Waals surface area contributed by atoms with Gasteiger partial charge in [0, 0.05) is 12.5 Å². The molecule has 0 aromatic rings. The van der Waals surface area contributed by atoms with E-state index < -0.39 is 0 Å². The van der Waals surface area contributed by atoms with Gasteiger partial charge in [-0.1, -0.05) is 0 Å². The van der Waals surface area contributed by atoms with Gasteiger partial charge in [-0.05, 0) is 20.3 Å². The van der Waals surface area contributed by atoms with Crippen molar-refractivity contribution in [3.63, 3.8) is 0 Å². The molecular formula is C7H16ClNO2. The first kappa shape index (κ1) is 13.3. The number of carbonyl (C=O) groups excluding carboxylic acids is 1. The molecule has 0 aliphatic heterocycles. The number of esters is 1. The first-order valence-electron chi connectivity index (χ1n) is 3.58. The lowest BCUT2D eigenvalue weighted by Gasteiger charge is -2.03. The number of hydrogen-bond donors (Lipinski definition) is 1. The van der Waals surface area contributed by atoms with Crippen LogP contribution in [0.2, 0.25) is 0 Å². The number of halogens is 1. The van der Waals surface area contributed by atoms with Crippen molar-refractivity contribution >= 4 is 18.4 Å². The second-order valence-corrected chi connectivity index (χ2v) is 2.32. The molecule has 11 heavy (non-hydrogen) atoms.